The van der Waals surface area contributed by atoms with Crippen LogP contribution in [-0.4, -0.2) is 58.7 Å². The highest BCUT2D eigenvalue weighted by molar-refractivity contribution is 5.76. The van der Waals surface area contributed by atoms with Crippen molar-refractivity contribution in [2.24, 2.45) is 0 Å². The van der Waals surface area contributed by atoms with E-state index in [-0.39, 0.29) is 18.9 Å². The molecule has 6 heteroatoms. The van der Waals surface area contributed by atoms with E-state index in [0.29, 0.717) is 6.54 Å². The molecule has 1 rings (SSSR count). The highest BCUT2D eigenvalue weighted by Gasteiger charge is 2.41. The van der Waals surface area contributed by atoms with E-state index >= 15 is 0 Å². The fourth-order valence-electron chi connectivity index (χ4n) is 1.97. The molecule has 0 aromatic carbocycles. The summed E-state index contributed by atoms with van der Waals surface area (Å²) in [6.45, 7) is 2.41. The average Bonchev–Trinajstić information content (AvgIpc) is 2.57. The molecule has 1 fully saturated rings. The van der Waals surface area contributed by atoms with Gasteiger partial charge >= 0.3 is 0 Å². The Bertz CT molecular complexity index is 250. The average molecular weight is 246 g/mol. The Morgan fingerprint density at radius 2 is 1.94 bits per heavy atom. The zero-order valence-corrected chi connectivity index (χ0v) is 10.1. The van der Waals surface area contributed by atoms with Gasteiger partial charge in [0.15, 0.2) is 0 Å². The van der Waals surface area contributed by atoms with E-state index in [1.165, 1.54) is 0 Å². The number of amides is 1. The summed E-state index contributed by atoms with van der Waals surface area (Å²) in [5.74, 6) is -0.152. The normalized spacial score (nSPS) is 32.7. The summed E-state index contributed by atoms with van der Waals surface area (Å²) in [7, 11) is 0. The van der Waals surface area contributed by atoms with Crippen LogP contribution in [0.5, 0.6) is 0 Å². The number of nitrogens with one attached hydrogen (secondary N) is 2. The first-order valence-corrected chi connectivity index (χ1v) is 6.09. The van der Waals surface area contributed by atoms with Crippen molar-refractivity contribution in [2.75, 3.05) is 13.2 Å². The standard InChI is InChI=1S/C11H22N2O4/c1-2-3-4-12-9(15)5-7-10(16)11(17)8(6-14)13-7/h7-8,10-11,13-14,16-17H,2-6H2,1H3,(H,12,15). The monoisotopic (exact) mass is 246 g/mol. The lowest BCUT2D eigenvalue weighted by molar-refractivity contribution is -0.122. The minimum absolute atomic E-state index is 0.110. The van der Waals surface area contributed by atoms with Crippen LogP contribution in [0, 0.1) is 0 Å². The van der Waals surface area contributed by atoms with Crippen LogP contribution in [0.25, 0.3) is 0 Å². The molecule has 0 saturated carbocycles. The van der Waals surface area contributed by atoms with Gasteiger partial charge in [-0.25, -0.2) is 0 Å². The molecule has 0 bridgehead atoms. The SMILES string of the molecule is CCCCNC(=O)CC1NC(CO)C(O)C1O. The molecule has 1 heterocycles. The van der Waals surface area contributed by atoms with Crippen molar-refractivity contribution in [3.63, 3.8) is 0 Å². The Hall–Kier alpha value is -0.690. The summed E-state index contributed by atoms with van der Waals surface area (Å²) in [4.78, 5) is 11.5. The van der Waals surface area contributed by atoms with Crippen LogP contribution in [0.4, 0.5) is 0 Å². The summed E-state index contributed by atoms with van der Waals surface area (Å²) in [6.07, 6.45) is 0.0142. The molecule has 17 heavy (non-hydrogen) atoms. The molecule has 100 valence electrons. The summed E-state index contributed by atoms with van der Waals surface area (Å²) < 4.78 is 0. The number of carbonyl (C=O) groups excluding carboxylic acids is 1. The van der Waals surface area contributed by atoms with Crippen LogP contribution in [0.3, 0.4) is 0 Å². The third-order valence-corrected chi connectivity index (χ3v) is 3.06. The van der Waals surface area contributed by atoms with Gasteiger partial charge in [-0.3, -0.25) is 4.79 Å². The van der Waals surface area contributed by atoms with Gasteiger partial charge in [-0.2, -0.15) is 0 Å². The van der Waals surface area contributed by atoms with Crippen LogP contribution in [0.15, 0.2) is 0 Å². The van der Waals surface area contributed by atoms with Gasteiger partial charge in [-0.05, 0) is 6.42 Å². The molecule has 0 aliphatic carbocycles. The van der Waals surface area contributed by atoms with Crippen LogP contribution < -0.4 is 10.6 Å². The predicted octanol–water partition coefficient (Wildman–Crippen LogP) is -1.65. The fraction of sp³-hybridized carbons (Fsp3) is 0.909. The summed E-state index contributed by atoms with van der Waals surface area (Å²) in [5, 5.41) is 33.8. The predicted molar refractivity (Wildman–Crippen MR) is 62.3 cm³/mol. The lowest BCUT2D eigenvalue weighted by atomic mass is 10.1. The molecule has 6 nitrogen and oxygen atoms in total. The fourth-order valence-corrected chi connectivity index (χ4v) is 1.97. The molecule has 0 spiro atoms. The van der Waals surface area contributed by atoms with E-state index in [9.17, 15) is 15.0 Å². The second kappa shape index (κ2) is 6.90. The Kier molecular flexibility index (Phi) is 5.84. The summed E-state index contributed by atoms with van der Waals surface area (Å²) >= 11 is 0. The van der Waals surface area contributed by atoms with E-state index in [2.05, 4.69) is 10.6 Å². The molecule has 4 unspecified atom stereocenters. The lowest BCUT2D eigenvalue weighted by Gasteiger charge is -2.15. The van der Waals surface area contributed by atoms with Crippen LogP contribution in [0.2, 0.25) is 0 Å². The Morgan fingerprint density at radius 3 is 2.47 bits per heavy atom. The van der Waals surface area contributed by atoms with Crippen LogP contribution in [-0.2, 0) is 4.79 Å². The summed E-state index contributed by atoms with van der Waals surface area (Å²) in [6, 6.07) is -1.05. The van der Waals surface area contributed by atoms with Crippen molar-refractivity contribution in [1.29, 1.82) is 0 Å². The maximum absolute atomic E-state index is 11.5. The Balaban J connectivity index is 2.34. The van der Waals surface area contributed by atoms with Crippen molar-refractivity contribution in [3.05, 3.63) is 0 Å². The molecule has 0 aromatic rings. The largest absolute Gasteiger partial charge is 0.395 e. The highest BCUT2D eigenvalue weighted by atomic mass is 16.3. The molecule has 4 atom stereocenters. The zero-order valence-electron chi connectivity index (χ0n) is 10.1. The van der Waals surface area contributed by atoms with Crippen molar-refractivity contribution in [1.82, 2.24) is 10.6 Å². The number of rotatable bonds is 6. The second-order valence-corrected chi connectivity index (χ2v) is 4.45. The van der Waals surface area contributed by atoms with E-state index < -0.39 is 24.3 Å². The van der Waals surface area contributed by atoms with Gasteiger partial charge in [0.25, 0.3) is 0 Å². The number of aliphatic hydroxyl groups excluding tert-OH is 3. The minimum Gasteiger partial charge on any atom is -0.395 e. The molecule has 1 saturated heterocycles. The van der Waals surface area contributed by atoms with Gasteiger partial charge in [0.2, 0.25) is 5.91 Å². The first-order chi connectivity index (χ1) is 8.10. The first-order valence-electron chi connectivity index (χ1n) is 6.09. The molecule has 0 radical (unpaired) electrons. The Morgan fingerprint density at radius 1 is 1.29 bits per heavy atom. The van der Waals surface area contributed by atoms with Gasteiger partial charge in [0.05, 0.1) is 24.9 Å². The molecular weight excluding hydrogens is 224 g/mol. The van der Waals surface area contributed by atoms with Crippen molar-refractivity contribution in [3.8, 4) is 0 Å². The van der Waals surface area contributed by atoms with Crippen LogP contribution in [0.1, 0.15) is 26.2 Å². The van der Waals surface area contributed by atoms with Gasteiger partial charge in [-0.1, -0.05) is 13.3 Å². The maximum Gasteiger partial charge on any atom is 0.221 e. The summed E-state index contributed by atoms with van der Waals surface area (Å²) in [5.41, 5.74) is 0. The molecular formula is C11H22N2O4. The first kappa shape index (κ1) is 14.4. The maximum atomic E-state index is 11.5. The van der Waals surface area contributed by atoms with Crippen molar-refractivity contribution in [2.45, 2.75) is 50.5 Å². The third-order valence-electron chi connectivity index (χ3n) is 3.06. The molecule has 1 amide bonds. The van der Waals surface area contributed by atoms with E-state index in [4.69, 9.17) is 5.11 Å². The quantitative estimate of drug-likeness (QED) is 0.361. The van der Waals surface area contributed by atoms with Gasteiger partial charge in [0.1, 0.15) is 0 Å². The highest BCUT2D eigenvalue weighted by Crippen LogP contribution is 2.16. The van der Waals surface area contributed by atoms with E-state index in [0.717, 1.165) is 12.8 Å². The molecule has 1 aliphatic heterocycles. The van der Waals surface area contributed by atoms with Gasteiger partial charge in [0, 0.05) is 19.0 Å². The zero-order chi connectivity index (χ0) is 12.8. The smallest absolute Gasteiger partial charge is 0.221 e. The molecule has 0 aromatic heterocycles. The Labute approximate surface area is 101 Å². The third kappa shape index (κ3) is 3.92. The van der Waals surface area contributed by atoms with Gasteiger partial charge in [-0.15, -0.1) is 0 Å². The molecule has 5 N–H and O–H groups in total. The van der Waals surface area contributed by atoms with Crippen molar-refractivity contribution >= 4 is 5.91 Å². The number of carbonyl (C=O) groups is 1. The number of unbranched alkanes of at least 4 members (excludes halogenated alkanes) is 1. The van der Waals surface area contributed by atoms with E-state index in [1.54, 1.807) is 0 Å². The molecule has 1 aliphatic rings. The lowest BCUT2D eigenvalue weighted by Crippen LogP contribution is -2.39. The number of aliphatic hydroxyl groups is 3. The number of hydrogen-bond donors (Lipinski definition) is 5. The second-order valence-electron chi connectivity index (χ2n) is 4.45. The van der Waals surface area contributed by atoms with Crippen LogP contribution >= 0.6 is 0 Å². The minimum atomic E-state index is -1.02. The van der Waals surface area contributed by atoms with E-state index in [1.807, 2.05) is 6.92 Å². The number of hydrogen-bond acceptors (Lipinski definition) is 5. The van der Waals surface area contributed by atoms with Gasteiger partial charge < -0.3 is 26.0 Å². The topological polar surface area (TPSA) is 102 Å². The van der Waals surface area contributed by atoms with Crippen molar-refractivity contribution < 1.29 is 20.1 Å².